The summed E-state index contributed by atoms with van der Waals surface area (Å²) in [6.45, 7) is 6.57. The molecule has 0 amide bonds. The van der Waals surface area contributed by atoms with E-state index in [2.05, 4.69) is 106 Å². The van der Waals surface area contributed by atoms with Gasteiger partial charge in [-0.3, -0.25) is 14.4 Å². The first-order chi connectivity index (χ1) is 39.5. The van der Waals surface area contributed by atoms with E-state index >= 15 is 0 Å². The van der Waals surface area contributed by atoms with Crippen molar-refractivity contribution < 1.29 is 28.6 Å². The normalized spacial score (nSPS) is 12.6. The molecule has 0 bridgehead atoms. The first-order valence-corrected chi connectivity index (χ1v) is 34.6. The maximum atomic E-state index is 12.9. The highest BCUT2D eigenvalue weighted by Crippen LogP contribution is 2.18. The lowest BCUT2D eigenvalue weighted by Crippen LogP contribution is -2.30. The molecule has 0 heterocycles. The molecule has 0 N–H and O–H groups in total. The first kappa shape index (κ1) is 76.6. The van der Waals surface area contributed by atoms with Crippen LogP contribution in [0.25, 0.3) is 0 Å². The van der Waals surface area contributed by atoms with Crippen LogP contribution in [0, 0.1) is 0 Å². The summed E-state index contributed by atoms with van der Waals surface area (Å²) < 4.78 is 16.9. The highest BCUT2D eigenvalue weighted by atomic mass is 16.6. The Bertz CT molecular complexity index is 1520. The smallest absolute Gasteiger partial charge is 0.306 e. The summed E-state index contributed by atoms with van der Waals surface area (Å²) in [6, 6.07) is 0. The van der Waals surface area contributed by atoms with Crippen molar-refractivity contribution >= 4 is 17.9 Å². The van der Waals surface area contributed by atoms with Crippen LogP contribution in [-0.4, -0.2) is 37.2 Å². The molecule has 0 fully saturated rings. The molecule has 0 aliphatic heterocycles. The zero-order valence-electron chi connectivity index (χ0n) is 53.1. The molecule has 0 rings (SSSR count). The Balaban J connectivity index is 4.13. The lowest BCUT2D eigenvalue weighted by atomic mass is 10.0. The Morgan fingerprint density at radius 3 is 0.762 bits per heavy atom. The van der Waals surface area contributed by atoms with Crippen molar-refractivity contribution in [2.24, 2.45) is 0 Å². The number of hydrogen-bond acceptors (Lipinski definition) is 6. The van der Waals surface area contributed by atoms with Crippen LogP contribution in [0.4, 0.5) is 0 Å². The predicted octanol–water partition coefficient (Wildman–Crippen LogP) is 23.8. The van der Waals surface area contributed by atoms with Crippen LogP contribution < -0.4 is 0 Å². The van der Waals surface area contributed by atoms with Gasteiger partial charge in [0.1, 0.15) is 13.2 Å². The molecule has 0 radical (unpaired) electrons. The second kappa shape index (κ2) is 68.1. The van der Waals surface area contributed by atoms with E-state index in [-0.39, 0.29) is 31.1 Å². The average Bonchev–Trinajstić information content (AvgIpc) is 3.46. The van der Waals surface area contributed by atoms with Crippen molar-refractivity contribution in [1.29, 1.82) is 0 Å². The fourth-order valence-electron chi connectivity index (χ4n) is 10.0. The first-order valence-electron chi connectivity index (χ1n) is 34.6. The van der Waals surface area contributed by atoms with E-state index < -0.39 is 6.10 Å². The maximum absolute atomic E-state index is 12.9. The zero-order valence-corrected chi connectivity index (χ0v) is 53.1. The number of allylic oxidation sites excluding steroid dienone is 14. The summed E-state index contributed by atoms with van der Waals surface area (Å²) in [4.78, 5) is 38.3. The lowest BCUT2D eigenvalue weighted by molar-refractivity contribution is -0.167. The summed E-state index contributed by atoms with van der Waals surface area (Å²) in [5.41, 5.74) is 0. The Morgan fingerprint density at radius 1 is 0.263 bits per heavy atom. The van der Waals surface area contributed by atoms with Gasteiger partial charge in [-0.05, 0) is 77.0 Å². The molecule has 0 aliphatic rings. The van der Waals surface area contributed by atoms with E-state index in [4.69, 9.17) is 14.2 Å². The van der Waals surface area contributed by atoms with Gasteiger partial charge in [-0.15, -0.1) is 0 Å². The fourth-order valence-corrected chi connectivity index (χ4v) is 10.0. The van der Waals surface area contributed by atoms with Gasteiger partial charge in [0.2, 0.25) is 0 Å². The second-order valence-electron chi connectivity index (χ2n) is 23.1. The van der Waals surface area contributed by atoms with Gasteiger partial charge in [-0.1, -0.05) is 337 Å². The van der Waals surface area contributed by atoms with Crippen LogP contribution in [0.2, 0.25) is 0 Å². The molecule has 1 atom stereocenters. The summed E-state index contributed by atoms with van der Waals surface area (Å²) in [5, 5.41) is 0. The van der Waals surface area contributed by atoms with Crippen molar-refractivity contribution in [3.05, 3.63) is 85.1 Å². The Morgan fingerprint density at radius 2 is 0.487 bits per heavy atom. The SMILES string of the molecule is CC/C=C\C/C=C\C/C=C\C/C=C\C/C=C\C/C=C\C/C=C\CCCCCCCCCCCCCCCC(=O)OCC(COC(=O)CCCCCCCCCCCCCCC)OC(=O)CCCCCCCCCCCCCCCC. The maximum Gasteiger partial charge on any atom is 0.306 e. The van der Waals surface area contributed by atoms with Gasteiger partial charge in [-0.2, -0.15) is 0 Å². The molecule has 0 saturated carbocycles. The third-order valence-electron chi connectivity index (χ3n) is 15.2. The summed E-state index contributed by atoms with van der Waals surface area (Å²) >= 11 is 0. The highest BCUT2D eigenvalue weighted by Gasteiger charge is 2.19. The van der Waals surface area contributed by atoms with Crippen LogP contribution in [0.15, 0.2) is 85.1 Å². The zero-order chi connectivity index (χ0) is 57.8. The number of carbonyl (C=O) groups is 3. The van der Waals surface area contributed by atoms with E-state index in [9.17, 15) is 14.4 Å². The number of unbranched alkanes of at least 4 members (excludes halogenated alkanes) is 38. The van der Waals surface area contributed by atoms with Crippen LogP contribution >= 0.6 is 0 Å². The minimum Gasteiger partial charge on any atom is -0.462 e. The summed E-state index contributed by atoms with van der Waals surface area (Å²) in [6.07, 6.45) is 90.4. The van der Waals surface area contributed by atoms with Crippen LogP contribution in [0.5, 0.6) is 0 Å². The van der Waals surface area contributed by atoms with E-state index in [1.54, 1.807) is 0 Å². The molecule has 6 nitrogen and oxygen atoms in total. The van der Waals surface area contributed by atoms with Crippen molar-refractivity contribution in [3.8, 4) is 0 Å². The summed E-state index contributed by atoms with van der Waals surface area (Å²) in [7, 11) is 0. The van der Waals surface area contributed by atoms with Crippen LogP contribution in [-0.2, 0) is 28.6 Å². The molecule has 0 saturated heterocycles. The van der Waals surface area contributed by atoms with E-state index in [1.807, 2.05) is 0 Å². The van der Waals surface area contributed by atoms with Gasteiger partial charge in [0.05, 0.1) is 0 Å². The van der Waals surface area contributed by atoms with E-state index in [1.165, 1.54) is 205 Å². The molecule has 0 aromatic rings. The Kier molecular flexibility index (Phi) is 65.2. The van der Waals surface area contributed by atoms with E-state index in [0.717, 1.165) is 103 Å². The van der Waals surface area contributed by atoms with Crippen molar-refractivity contribution in [1.82, 2.24) is 0 Å². The van der Waals surface area contributed by atoms with Gasteiger partial charge < -0.3 is 14.2 Å². The topological polar surface area (TPSA) is 78.9 Å². The fraction of sp³-hybridized carbons (Fsp3) is 0.770. The molecule has 1 unspecified atom stereocenters. The molecule has 0 spiro atoms. The number of hydrogen-bond donors (Lipinski definition) is 0. The monoisotopic (exact) mass is 1110 g/mol. The molecule has 80 heavy (non-hydrogen) atoms. The molecule has 6 heteroatoms. The Labute approximate surface area is 496 Å². The predicted molar refractivity (Wildman–Crippen MR) is 348 cm³/mol. The number of esters is 3. The largest absolute Gasteiger partial charge is 0.462 e. The van der Waals surface area contributed by atoms with Crippen molar-refractivity contribution in [2.45, 2.75) is 354 Å². The molecule has 0 aromatic heterocycles. The van der Waals surface area contributed by atoms with Crippen molar-refractivity contribution in [3.63, 3.8) is 0 Å². The third-order valence-corrected chi connectivity index (χ3v) is 15.2. The van der Waals surface area contributed by atoms with Gasteiger partial charge in [0.25, 0.3) is 0 Å². The van der Waals surface area contributed by atoms with Crippen LogP contribution in [0.3, 0.4) is 0 Å². The van der Waals surface area contributed by atoms with Gasteiger partial charge in [-0.25, -0.2) is 0 Å². The Hall–Kier alpha value is -3.41. The minimum absolute atomic E-state index is 0.0693. The summed E-state index contributed by atoms with van der Waals surface area (Å²) in [5.74, 6) is -0.850. The molecule has 0 aromatic carbocycles. The minimum atomic E-state index is -0.772. The van der Waals surface area contributed by atoms with Gasteiger partial charge in [0, 0.05) is 19.3 Å². The van der Waals surface area contributed by atoms with Crippen molar-refractivity contribution in [2.75, 3.05) is 13.2 Å². The number of ether oxygens (including phenoxy) is 3. The molecule has 0 aliphatic carbocycles. The second-order valence-corrected chi connectivity index (χ2v) is 23.1. The number of rotatable bonds is 63. The average molecular weight is 1120 g/mol. The van der Waals surface area contributed by atoms with E-state index in [0.29, 0.717) is 19.3 Å². The van der Waals surface area contributed by atoms with Crippen LogP contribution in [0.1, 0.15) is 348 Å². The van der Waals surface area contributed by atoms with Gasteiger partial charge >= 0.3 is 17.9 Å². The molecular formula is C74H130O6. The standard InChI is InChI=1S/C74H130O6/c1-4-7-10-13-16-19-22-25-27-28-29-30-31-32-33-34-35-36-37-38-39-40-41-42-43-44-45-46-47-50-52-55-58-61-64-67-73(76)79-70-71(69-78-72(75)66-63-60-57-54-51-48-24-21-18-15-12-9-6-3)80-74(77)68-65-62-59-56-53-49-26-23-20-17-14-11-8-5-2/h7,10,16,19,25,27,29-30,32-33,35-36,38-39,71H,4-6,8-9,11-15,17-18,20-24,26,28,31,34,37,40-70H2,1-3H3/b10-7-,19-16-,27-25-,30-29-,33-32-,36-35-,39-38-. The quantitative estimate of drug-likeness (QED) is 0.0261. The molecular weight excluding hydrogens is 985 g/mol. The highest BCUT2D eigenvalue weighted by molar-refractivity contribution is 5.71. The third kappa shape index (κ3) is 65.4. The van der Waals surface area contributed by atoms with Gasteiger partial charge in [0.15, 0.2) is 6.10 Å². The molecule has 462 valence electrons. The lowest BCUT2D eigenvalue weighted by Gasteiger charge is -2.18. The number of carbonyl (C=O) groups excluding carboxylic acids is 3.